The molecule has 0 aromatic carbocycles. The summed E-state index contributed by atoms with van der Waals surface area (Å²) in [5.74, 6) is -0.466. The zero-order chi connectivity index (χ0) is 18.7. The Bertz CT molecular complexity index is 637. The van der Waals surface area contributed by atoms with Crippen LogP contribution in [0.4, 0.5) is 0 Å². The van der Waals surface area contributed by atoms with Crippen LogP contribution in [-0.2, 0) is 24.3 Å². The van der Waals surface area contributed by atoms with Gasteiger partial charge in [-0.25, -0.2) is 13.1 Å². The second kappa shape index (κ2) is 6.18. The van der Waals surface area contributed by atoms with E-state index in [-0.39, 0.29) is 42.7 Å². The van der Waals surface area contributed by atoms with E-state index in [1.165, 1.54) is 0 Å². The summed E-state index contributed by atoms with van der Waals surface area (Å²) in [6, 6.07) is 0.493. The van der Waals surface area contributed by atoms with Crippen molar-refractivity contribution in [2.24, 2.45) is 5.92 Å². The van der Waals surface area contributed by atoms with E-state index >= 15 is 0 Å². The Morgan fingerprint density at radius 1 is 1.28 bits per heavy atom. The molecule has 0 aromatic heterocycles. The third kappa shape index (κ3) is 3.22. The van der Waals surface area contributed by atoms with Crippen molar-refractivity contribution in [3.63, 3.8) is 0 Å². The van der Waals surface area contributed by atoms with Gasteiger partial charge in [-0.2, -0.15) is 0 Å². The maximum atomic E-state index is 12.4. The monoisotopic (exact) mass is 374 g/mol. The maximum Gasteiger partial charge on any atom is 0.320 e. The second-order valence-electron chi connectivity index (χ2n) is 8.62. The highest BCUT2D eigenvalue weighted by Crippen LogP contribution is 2.51. The highest BCUT2D eigenvalue weighted by Gasteiger charge is 2.68. The third-order valence-corrected chi connectivity index (χ3v) is 7.88. The van der Waals surface area contributed by atoms with Crippen LogP contribution in [0.25, 0.3) is 0 Å². The number of nitrogens with zero attached hydrogens (tertiary/aromatic N) is 1. The van der Waals surface area contributed by atoms with Gasteiger partial charge in [-0.3, -0.25) is 9.69 Å². The molecule has 5 atom stereocenters. The van der Waals surface area contributed by atoms with Gasteiger partial charge in [0.15, 0.2) is 0 Å². The molecule has 8 heteroatoms. The van der Waals surface area contributed by atoms with E-state index in [0.29, 0.717) is 6.42 Å². The van der Waals surface area contributed by atoms with Gasteiger partial charge in [0.05, 0.1) is 12.6 Å². The van der Waals surface area contributed by atoms with Crippen molar-refractivity contribution >= 4 is 16.0 Å². The van der Waals surface area contributed by atoms with E-state index < -0.39 is 26.9 Å². The summed E-state index contributed by atoms with van der Waals surface area (Å²) >= 11 is 0. The fraction of sp³-hybridized carbons (Fsp3) is 0.941. The summed E-state index contributed by atoms with van der Waals surface area (Å²) in [5, 5.41) is -0.537. The molecule has 3 aliphatic heterocycles. The molecule has 3 aliphatic rings. The molecule has 144 valence electrons. The van der Waals surface area contributed by atoms with E-state index in [9.17, 15) is 13.2 Å². The predicted molar refractivity (Wildman–Crippen MR) is 93.5 cm³/mol. The summed E-state index contributed by atoms with van der Waals surface area (Å²) in [5.41, 5.74) is -0.587. The molecule has 2 bridgehead atoms. The molecule has 0 amide bonds. The van der Waals surface area contributed by atoms with Crippen LogP contribution in [0.5, 0.6) is 0 Å². The van der Waals surface area contributed by atoms with Crippen molar-refractivity contribution in [2.45, 2.75) is 89.1 Å². The Morgan fingerprint density at radius 3 is 2.44 bits per heavy atom. The van der Waals surface area contributed by atoms with Crippen LogP contribution >= 0.6 is 0 Å². The number of ether oxygens (including phenoxy) is 2. The van der Waals surface area contributed by atoms with Crippen molar-refractivity contribution in [3.05, 3.63) is 0 Å². The largest absolute Gasteiger partial charge is 0.459 e. The topological polar surface area (TPSA) is 84.9 Å². The van der Waals surface area contributed by atoms with Crippen LogP contribution in [0.15, 0.2) is 0 Å². The van der Waals surface area contributed by atoms with Crippen LogP contribution < -0.4 is 4.72 Å². The van der Waals surface area contributed by atoms with Gasteiger partial charge in [0, 0.05) is 30.0 Å². The van der Waals surface area contributed by atoms with Crippen LogP contribution in [0.2, 0.25) is 0 Å². The first-order valence-electron chi connectivity index (χ1n) is 9.07. The molecule has 5 unspecified atom stereocenters. The lowest BCUT2D eigenvalue weighted by molar-refractivity contribution is -0.155. The number of rotatable bonds is 5. The number of carbonyl (C=O) groups is 1. The lowest BCUT2D eigenvalue weighted by Gasteiger charge is -2.34. The number of hydrogen-bond acceptors (Lipinski definition) is 6. The number of sulfonamides is 1. The number of hydrogen-bond donors (Lipinski definition) is 1. The molecule has 0 aromatic rings. The third-order valence-electron chi connectivity index (χ3n) is 5.76. The fourth-order valence-electron chi connectivity index (χ4n) is 4.80. The number of carbonyl (C=O) groups excluding carboxylic acids is 1. The average molecular weight is 375 g/mol. The summed E-state index contributed by atoms with van der Waals surface area (Å²) in [6.45, 7) is 12.2. The number of nitrogens with one attached hydrogen (secondary N) is 1. The molecule has 7 nitrogen and oxygen atoms in total. The molecule has 3 rings (SSSR count). The number of esters is 1. The van der Waals surface area contributed by atoms with Gasteiger partial charge in [0.1, 0.15) is 17.5 Å². The molecule has 0 radical (unpaired) electrons. The molecule has 0 aliphatic carbocycles. The Labute approximate surface area is 150 Å². The standard InChI is InChI=1S/C17H30N2O5S/c1-9(2)19(10(3)4)8-13(20)23-11-7-12-16-14(15(11)24-12)17(5,6)18-25(16,21)22/h9-12,14-16,18H,7-8H2,1-6H3. The first-order chi connectivity index (χ1) is 11.4. The lowest BCUT2D eigenvalue weighted by Crippen LogP contribution is -2.50. The molecule has 25 heavy (non-hydrogen) atoms. The van der Waals surface area contributed by atoms with Crippen molar-refractivity contribution in [1.82, 2.24) is 9.62 Å². The van der Waals surface area contributed by atoms with Crippen molar-refractivity contribution < 1.29 is 22.7 Å². The van der Waals surface area contributed by atoms with Gasteiger partial charge >= 0.3 is 5.97 Å². The summed E-state index contributed by atoms with van der Waals surface area (Å²) < 4.78 is 39.1. The van der Waals surface area contributed by atoms with Gasteiger partial charge < -0.3 is 9.47 Å². The molecule has 3 fully saturated rings. The highest BCUT2D eigenvalue weighted by molar-refractivity contribution is 7.90. The SMILES string of the molecule is CC(C)N(CC(=O)OC1CC2OC1C1C2S(=O)(=O)NC1(C)C)C(C)C. The predicted octanol–water partition coefficient (Wildman–Crippen LogP) is 0.885. The molecule has 0 spiro atoms. The fourth-order valence-corrected chi connectivity index (χ4v) is 7.26. The average Bonchev–Trinajstić information content (AvgIpc) is 3.05. The molecule has 0 saturated carbocycles. The zero-order valence-electron chi connectivity index (χ0n) is 15.9. The summed E-state index contributed by atoms with van der Waals surface area (Å²) in [6.07, 6.45) is -0.657. The van der Waals surface area contributed by atoms with Crippen molar-refractivity contribution in [2.75, 3.05) is 6.54 Å². The minimum absolute atomic E-state index is 0.194. The van der Waals surface area contributed by atoms with Gasteiger partial charge in [-0.1, -0.05) is 0 Å². The lowest BCUT2D eigenvalue weighted by atomic mass is 9.76. The minimum atomic E-state index is -3.38. The minimum Gasteiger partial charge on any atom is -0.459 e. The van der Waals surface area contributed by atoms with E-state index in [1.807, 2.05) is 13.8 Å². The zero-order valence-corrected chi connectivity index (χ0v) is 16.7. The van der Waals surface area contributed by atoms with E-state index in [1.54, 1.807) is 0 Å². The van der Waals surface area contributed by atoms with E-state index in [0.717, 1.165) is 0 Å². The Kier molecular flexibility index (Phi) is 4.71. The molecule has 1 N–H and O–H groups in total. The van der Waals surface area contributed by atoms with Gasteiger partial charge in [0.25, 0.3) is 0 Å². The Balaban J connectivity index is 1.68. The van der Waals surface area contributed by atoms with Crippen LogP contribution in [0.1, 0.15) is 48.0 Å². The van der Waals surface area contributed by atoms with Gasteiger partial charge in [0.2, 0.25) is 10.0 Å². The Hall–Kier alpha value is -0.700. The molecular weight excluding hydrogens is 344 g/mol. The van der Waals surface area contributed by atoms with Crippen LogP contribution in [-0.4, -0.2) is 67.0 Å². The second-order valence-corrected chi connectivity index (χ2v) is 10.5. The highest BCUT2D eigenvalue weighted by atomic mass is 32.2. The van der Waals surface area contributed by atoms with Crippen molar-refractivity contribution in [3.8, 4) is 0 Å². The van der Waals surface area contributed by atoms with Crippen LogP contribution in [0, 0.1) is 5.92 Å². The maximum absolute atomic E-state index is 12.4. The first kappa shape index (κ1) is 19.1. The van der Waals surface area contributed by atoms with Crippen molar-refractivity contribution in [1.29, 1.82) is 0 Å². The van der Waals surface area contributed by atoms with Gasteiger partial charge in [-0.15, -0.1) is 0 Å². The van der Waals surface area contributed by atoms with E-state index in [2.05, 4.69) is 37.3 Å². The smallest absolute Gasteiger partial charge is 0.320 e. The molecule has 3 saturated heterocycles. The number of fused-ring (bicyclic) bond motifs is 5. The first-order valence-corrected chi connectivity index (χ1v) is 10.6. The van der Waals surface area contributed by atoms with E-state index in [4.69, 9.17) is 9.47 Å². The molecule has 3 heterocycles. The summed E-state index contributed by atoms with van der Waals surface area (Å²) in [4.78, 5) is 14.5. The van der Waals surface area contributed by atoms with Crippen LogP contribution in [0.3, 0.4) is 0 Å². The normalized spacial score (nSPS) is 37.9. The molecular formula is C17H30N2O5S. The summed E-state index contributed by atoms with van der Waals surface area (Å²) in [7, 11) is -3.38. The van der Waals surface area contributed by atoms with Gasteiger partial charge in [-0.05, 0) is 41.5 Å². The quantitative estimate of drug-likeness (QED) is 0.719. The Morgan fingerprint density at radius 2 is 1.88 bits per heavy atom.